The first-order valence-electron chi connectivity index (χ1n) is 22.5. The molecule has 1 aliphatic rings. The highest BCUT2D eigenvalue weighted by molar-refractivity contribution is 6.26. The number of para-hydroxylation sites is 3. The van der Waals surface area contributed by atoms with Gasteiger partial charge in [-0.25, -0.2) is 0 Å². The minimum atomic E-state index is -0.535. The van der Waals surface area contributed by atoms with E-state index in [0.717, 1.165) is 39.4 Å². The lowest BCUT2D eigenvalue weighted by Gasteiger charge is -2.34. The SMILES string of the molecule is C=Cc1c(C=CC)n(-c2ccc3c(c2)c2ccc4c(c5cc(C6(c7ccccc7)c7ccccc7-c7ccccc76)ccc5n4-c4ccccc4)c2n3-c2ccccc2)c2ccccc12. The van der Waals surface area contributed by atoms with E-state index < -0.39 is 5.41 Å². The smallest absolute Gasteiger partial charge is 0.0713 e. The standard InChI is InChI=1S/C62H43N3/c1-3-20-55-46(4-2)49-29-16-19-32-56(49)64(55)45-34-37-57-51(40-45)50-35-38-59-60(61(50)65(57)44-25-12-7-13-26-44)52-39-42(33-36-58(52)63(59)43-23-10-6-11-24-43)62(41-21-8-5-9-22-41)53-30-17-14-27-47(53)48-28-15-18-31-54(48)62/h3-40H,2H2,1H3. The zero-order valence-electron chi connectivity index (χ0n) is 36.0. The van der Waals surface area contributed by atoms with Crippen LogP contribution >= 0.6 is 0 Å². The van der Waals surface area contributed by atoms with Gasteiger partial charge < -0.3 is 13.7 Å². The van der Waals surface area contributed by atoms with Crippen LogP contribution in [0.1, 0.15) is 40.4 Å². The Labute approximate surface area is 377 Å². The van der Waals surface area contributed by atoms with Crippen molar-refractivity contribution >= 4 is 66.7 Å². The van der Waals surface area contributed by atoms with Gasteiger partial charge in [-0.3, -0.25) is 0 Å². The maximum Gasteiger partial charge on any atom is 0.0713 e. The van der Waals surface area contributed by atoms with Gasteiger partial charge in [0, 0.05) is 49.6 Å². The summed E-state index contributed by atoms with van der Waals surface area (Å²) < 4.78 is 7.36. The number of hydrogen-bond donors (Lipinski definition) is 0. The summed E-state index contributed by atoms with van der Waals surface area (Å²) in [5, 5.41) is 6.03. The van der Waals surface area contributed by atoms with Gasteiger partial charge in [-0.05, 0) is 113 Å². The van der Waals surface area contributed by atoms with Crippen molar-refractivity contribution in [2.75, 3.05) is 0 Å². The van der Waals surface area contributed by atoms with Crippen LogP contribution in [0.5, 0.6) is 0 Å². The molecule has 0 saturated carbocycles. The third kappa shape index (κ3) is 5.12. The van der Waals surface area contributed by atoms with Crippen molar-refractivity contribution in [2.24, 2.45) is 0 Å². The van der Waals surface area contributed by atoms with Crippen molar-refractivity contribution in [3.63, 3.8) is 0 Å². The molecule has 306 valence electrons. The fraction of sp³-hybridized carbons (Fsp3) is 0.0323. The van der Waals surface area contributed by atoms with Crippen LogP contribution in [0.4, 0.5) is 0 Å². The topological polar surface area (TPSA) is 14.8 Å². The molecule has 0 aliphatic heterocycles. The molecule has 0 spiro atoms. The number of rotatable bonds is 7. The molecule has 0 saturated heterocycles. The normalized spacial score (nSPS) is 13.1. The second kappa shape index (κ2) is 14.3. The van der Waals surface area contributed by atoms with Gasteiger partial charge >= 0.3 is 0 Å². The first-order valence-corrected chi connectivity index (χ1v) is 22.5. The number of fused-ring (bicyclic) bond motifs is 11. The lowest BCUT2D eigenvalue weighted by molar-refractivity contribution is 0.770. The second-order valence-corrected chi connectivity index (χ2v) is 17.2. The third-order valence-electron chi connectivity index (χ3n) is 14.0. The molecule has 13 rings (SSSR count). The third-order valence-corrected chi connectivity index (χ3v) is 14.0. The van der Waals surface area contributed by atoms with E-state index in [1.807, 2.05) is 6.08 Å². The fourth-order valence-electron chi connectivity index (χ4n) is 11.5. The molecule has 0 amide bonds. The molecule has 0 radical (unpaired) electrons. The van der Waals surface area contributed by atoms with Crippen molar-refractivity contribution in [3.8, 4) is 28.2 Å². The Hall–Kier alpha value is -8.40. The Morgan fingerprint density at radius 2 is 0.985 bits per heavy atom. The summed E-state index contributed by atoms with van der Waals surface area (Å²) in [7, 11) is 0. The average Bonchev–Trinajstić information content (AvgIpc) is 4.08. The van der Waals surface area contributed by atoms with Crippen LogP contribution in [0.15, 0.2) is 225 Å². The molecule has 0 N–H and O–H groups in total. The molecular weight excluding hydrogens is 787 g/mol. The van der Waals surface area contributed by atoms with Gasteiger partial charge in [0.05, 0.1) is 38.7 Å². The van der Waals surface area contributed by atoms with Gasteiger partial charge in [0.15, 0.2) is 0 Å². The molecule has 0 atom stereocenters. The number of aromatic nitrogens is 3. The van der Waals surface area contributed by atoms with Gasteiger partial charge in [0.2, 0.25) is 0 Å². The molecule has 0 bridgehead atoms. The monoisotopic (exact) mass is 829 g/mol. The summed E-state index contributed by atoms with van der Waals surface area (Å²) in [5.74, 6) is 0. The van der Waals surface area contributed by atoms with Gasteiger partial charge in [-0.2, -0.15) is 0 Å². The zero-order valence-corrected chi connectivity index (χ0v) is 36.0. The molecule has 0 fully saturated rings. The van der Waals surface area contributed by atoms with Crippen molar-refractivity contribution in [2.45, 2.75) is 12.3 Å². The second-order valence-electron chi connectivity index (χ2n) is 17.2. The van der Waals surface area contributed by atoms with Gasteiger partial charge in [0.25, 0.3) is 0 Å². The molecule has 1 aliphatic carbocycles. The number of hydrogen-bond acceptors (Lipinski definition) is 0. The van der Waals surface area contributed by atoms with E-state index in [0.29, 0.717) is 0 Å². The average molecular weight is 830 g/mol. The molecule has 3 heterocycles. The van der Waals surface area contributed by atoms with Crippen LogP contribution in [-0.2, 0) is 5.41 Å². The quantitative estimate of drug-likeness (QED) is 0.152. The maximum atomic E-state index is 4.26. The van der Waals surface area contributed by atoms with Gasteiger partial charge in [-0.15, -0.1) is 0 Å². The number of nitrogens with zero attached hydrogens (tertiary/aromatic N) is 3. The Morgan fingerprint density at radius 3 is 1.68 bits per heavy atom. The predicted molar refractivity (Wildman–Crippen MR) is 274 cm³/mol. The highest BCUT2D eigenvalue weighted by Crippen LogP contribution is 2.57. The van der Waals surface area contributed by atoms with Crippen molar-refractivity contribution in [1.29, 1.82) is 0 Å². The van der Waals surface area contributed by atoms with Crippen LogP contribution < -0.4 is 0 Å². The van der Waals surface area contributed by atoms with E-state index in [1.165, 1.54) is 76.9 Å². The van der Waals surface area contributed by atoms with Crippen molar-refractivity contribution in [1.82, 2.24) is 13.7 Å². The van der Waals surface area contributed by atoms with Crippen molar-refractivity contribution in [3.05, 3.63) is 258 Å². The van der Waals surface area contributed by atoms with E-state index in [-0.39, 0.29) is 0 Å². The molecule has 3 aromatic heterocycles. The minimum absolute atomic E-state index is 0.535. The van der Waals surface area contributed by atoms with Crippen molar-refractivity contribution < 1.29 is 0 Å². The summed E-state index contributed by atoms with van der Waals surface area (Å²) in [6.07, 6.45) is 6.32. The summed E-state index contributed by atoms with van der Waals surface area (Å²) >= 11 is 0. The van der Waals surface area contributed by atoms with Crippen LogP contribution in [0.2, 0.25) is 0 Å². The minimum Gasteiger partial charge on any atom is -0.309 e. The summed E-state index contributed by atoms with van der Waals surface area (Å²) in [4.78, 5) is 0. The summed E-state index contributed by atoms with van der Waals surface area (Å²) in [6, 6.07) is 78.6. The van der Waals surface area contributed by atoms with Gasteiger partial charge in [0.1, 0.15) is 0 Å². The number of allylic oxidation sites excluding steroid dienone is 1. The van der Waals surface area contributed by atoms with E-state index in [2.05, 4.69) is 252 Å². The fourth-order valence-corrected chi connectivity index (χ4v) is 11.5. The number of benzene rings is 9. The van der Waals surface area contributed by atoms with E-state index >= 15 is 0 Å². The Balaban J connectivity index is 1.19. The highest BCUT2D eigenvalue weighted by Gasteiger charge is 2.46. The van der Waals surface area contributed by atoms with Crippen LogP contribution in [-0.4, -0.2) is 13.7 Å². The van der Waals surface area contributed by atoms with E-state index in [4.69, 9.17) is 0 Å². The maximum absolute atomic E-state index is 4.26. The molecule has 9 aromatic carbocycles. The predicted octanol–water partition coefficient (Wildman–Crippen LogP) is 15.9. The Bertz CT molecular complexity index is 3850. The molecule has 12 aromatic rings. The zero-order chi connectivity index (χ0) is 43.2. The van der Waals surface area contributed by atoms with E-state index in [9.17, 15) is 0 Å². The van der Waals surface area contributed by atoms with Crippen LogP contribution in [0, 0.1) is 0 Å². The summed E-state index contributed by atoms with van der Waals surface area (Å²) in [5.41, 5.74) is 18.6. The molecule has 3 nitrogen and oxygen atoms in total. The largest absolute Gasteiger partial charge is 0.309 e. The summed E-state index contributed by atoms with van der Waals surface area (Å²) in [6.45, 7) is 6.34. The molecule has 3 heteroatoms. The van der Waals surface area contributed by atoms with Crippen LogP contribution in [0.3, 0.4) is 0 Å². The molecule has 65 heavy (non-hydrogen) atoms. The molecule has 0 unspecified atom stereocenters. The first kappa shape index (κ1) is 37.2. The Kier molecular flexibility index (Phi) is 8.19. The Morgan fingerprint density at radius 1 is 0.415 bits per heavy atom. The first-order chi connectivity index (χ1) is 32.2. The lowest BCUT2D eigenvalue weighted by atomic mass is 9.67. The molecular formula is C62H43N3. The highest BCUT2D eigenvalue weighted by atomic mass is 15.0. The van der Waals surface area contributed by atoms with Gasteiger partial charge in [-0.1, -0.05) is 164 Å². The van der Waals surface area contributed by atoms with Crippen LogP contribution in [0.25, 0.3) is 94.9 Å². The van der Waals surface area contributed by atoms with E-state index in [1.54, 1.807) is 0 Å². The lowest BCUT2D eigenvalue weighted by Crippen LogP contribution is -2.28.